The number of nitrogens with zero attached hydrogens (tertiary/aromatic N) is 2. The summed E-state index contributed by atoms with van der Waals surface area (Å²) in [6.45, 7) is 5.62. The fraction of sp³-hybridized carbons (Fsp3) is 0.407. The van der Waals surface area contributed by atoms with Crippen molar-refractivity contribution >= 4 is 23.1 Å². The van der Waals surface area contributed by atoms with E-state index in [1.807, 2.05) is 32.9 Å². The average molecular weight is 485 g/mol. The van der Waals surface area contributed by atoms with Crippen molar-refractivity contribution in [2.24, 2.45) is 0 Å². The third kappa shape index (κ3) is 6.65. The number of hydrogen-bond donors (Lipinski definition) is 2. The molecule has 1 heterocycles. The van der Waals surface area contributed by atoms with Crippen molar-refractivity contribution < 1.29 is 17.9 Å². The van der Waals surface area contributed by atoms with E-state index in [4.69, 9.17) is 4.74 Å². The highest BCUT2D eigenvalue weighted by molar-refractivity contribution is 5.67. The summed E-state index contributed by atoms with van der Waals surface area (Å²) in [6.07, 6.45) is 2.37. The van der Waals surface area contributed by atoms with Gasteiger partial charge in [-0.2, -0.15) is 18.2 Å². The molecule has 1 aliphatic rings. The number of hydrogen-bond acceptors (Lipinski definition) is 5. The summed E-state index contributed by atoms with van der Waals surface area (Å²) in [4.78, 5) is 8.09. The highest BCUT2D eigenvalue weighted by Crippen LogP contribution is 2.38. The Bertz CT molecular complexity index is 1130. The molecule has 0 aliphatic heterocycles. The molecular weight excluding hydrogens is 453 g/mol. The Labute approximate surface area is 204 Å². The van der Waals surface area contributed by atoms with E-state index in [9.17, 15) is 13.2 Å². The Morgan fingerprint density at radius 1 is 0.886 bits per heavy atom. The molecule has 0 atom stereocenters. The molecule has 0 amide bonds. The smallest absolute Gasteiger partial charge is 0.421 e. The second-order valence-corrected chi connectivity index (χ2v) is 9.87. The molecule has 1 aliphatic carbocycles. The number of alkyl halides is 3. The van der Waals surface area contributed by atoms with Crippen LogP contribution in [0.5, 0.6) is 5.75 Å². The minimum Gasteiger partial charge on any atom is -0.486 e. The molecule has 186 valence electrons. The minimum atomic E-state index is -4.62. The van der Waals surface area contributed by atoms with Gasteiger partial charge < -0.3 is 15.4 Å². The maximum atomic E-state index is 13.7. The van der Waals surface area contributed by atoms with Crippen molar-refractivity contribution in [1.82, 2.24) is 9.97 Å². The number of ether oxygens (including phenoxy) is 1. The highest BCUT2D eigenvalue weighted by Gasteiger charge is 2.35. The second-order valence-electron chi connectivity index (χ2n) is 9.87. The Morgan fingerprint density at radius 3 is 2.23 bits per heavy atom. The van der Waals surface area contributed by atoms with Crippen LogP contribution < -0.4 is 15.4 Å². The van der Waals surface area contributed by atoms with Crippen LogP contribution >= 0.6 is 0 Å². The van der Waals surface area contributed by atoms with E-state index in [2.05, 4.69) is 32.7 Å². The molecule has 2 N–H and O–H groups in total. The average Bonchev–Trinajstić information content (AvgIpc) is 2.80. The highest BCUT2D eigenvalue weighted by atomic mass is 19.4. The van der Waals surface area contributed by atoms with E-state index >= 15 is 0 Å². The molecule has 3 aromatic rings. The van der Waals surface area contributed by atoms with Crippen LogP contribution in [0.25, 0.3) is 0 Å². The monoisotopic (exact) mass is 484 g/mol. The predicted octanol–water partition coefficient (Wildman–Crippen LogP) is 8.21. The Morgan fingerprint density at radius 2 is 1.57 bits per heavy atom. The molecule has 4 rings (SSSR count). The maximum absolute atomic E-state index is 13.7. The second kappa shape index (κ2) is 10.1. The fourth-order valence-corrected chi connectivity index (χ4v) is 4.26. The summed E-state index contributed by atoms with van der Waals surface area (Å²) in [5.41, 5.74) is 0.913. The van der Waals surface area contributed by atoms with E-state index in [1.165, 1.54) is 37.7 Å². The van der Waals surface area contributed by atoms with E-state index in [0.717, 1.165) is 6.20 Å². The van der Waals surface area contributed by atoms with Crippen molar-refractivity contribution in [3.05, 3.63) is 65.9 Å². The van der Waals surface area contributed by atoms with Gasteiger partial charge in [0.1, 0.15) is 22.7 Å². The first-order valence-electron chi connectivity index (χ1n) is 11.9. The van der Waals surface area contributed by atoms with Crippen LogP contribution in [0.4, 0.5) is 36.3 Å². The van der Waals surface area contributed by atoms with Crippen molar-refractivity contribution in [2.75, 3.05) is 10.6 Å². The van der Waals surface area contributed by atoms with E-state index in [-0.39, 0.29) is 11.8 Å². The van der Waals surface area contributed by atoms with Crippen LogP contribution in [0.3, 0.4) is 0 Å². The van der Waals surface area contributed by atoms with E-state index in [1.54, 1.807) is 24.3 Å². The topological polar surface area (TPSA) is 59.1 Å². The Balaban J connectivity index is 1.58. The number of aromatic nitrogens is 2. The van der Waals surface area contributed by atoms with Crippen molar-refractivity contribution in [2.45, 2.75) is 70.6 Å². The van der Waals surface area contributed by atoms with Crippen LogP contribution in [0, 0.1) is 0 Å². The van der Waals surface area contributed by atoms with Crippen LogP contribution in [0.2, 0.25) is 0 Å². The molecule has 0 unspecified atom stereocenters. The SMILES string of the molecule is CC(C)(C)Oc1ccccc1Nc1nc(Nc2ccc(C3CCCCC3)cc2)ncc1C(F)(F)F. The maximum Gasteiger partial charge on any atom is 0.421 e. The lowest BCUT2D eigenvalue weighted by Gasteiger charge is -2.24. The first kappa shape index (κ1) is 24.8. The van der Waals surface area contributed by atoms with Gasteiger partial charge in [-0.1, -0.05) is 43.5 Å². The molecule has 0 bridgehead atoms. The van der Waals surface area contributed by atoms with Gasteiger partial charge in [-0.3, -0.25) is 0 Å². The van der Waals surface area contributed by atoms with Crippen molar-refractivity contribution in [3.8, 4) is 5.75 Å². The normalized spacial score (nSPS) is 15.0. The molecule has 0 saturated heterocycles. The summed E-state index contributed by atoms with van der Waals surface area (Å²) in [5, 5.41) is 5.84. The van der Waals surface area contributed by atoms with Gasteiger partial charge in [0, 0.05) is 11.9 Å². The third-order valence-electron chi connectivity index (χ3n) is 5.89. The summed E-state index contributed by atoms with van der Waals surface area (Å²) < 4.78 is 47.1. The zero-order valence-electron chi connectivity index (χ0n) is 20.2. The number of nitrogens with one attached hydrogen (secondary N) is 2. The molecule has 8 heteroatoms. The van der Waals surface area contributed by atoms with Crippen molar-refractivity contribution in [3.63, 3.8) is 0 Å². The lowest BCUT2D eigenvalue weighted by Crippen LogP contribution is -2.23. The molecule has 2 aromatic carbocycles. The number of anilines is 4. The molecule has 0 radical (unpaired) electrons. The van der Waals surface area contributed by atoms with Gasteiger partial charge in [-0.05, 0) is 69.4 Å². The third-order valence-corrected chi connectivity index (χ3v) is 5.89. The van der Waals surface area contributed by atoms with Gasteiger partial charge in [0.05, 0.1) is 5.69 Å². The molecule has 1 aromatic heterocycles. The molecule has 0 spiro atoms. The largest absolute Gasteiger partial charge is 0.486 e. The van der Waals surface area contributed by atoms with Crippen LogP contribution in [0.1, 0.15) is 69.9 Å². The summed E-state index contributed by atoms with van der Waals surface area (Å²) in [5.74, 6) is 0.727. The number of benzene rings is 2. The van der Waals surface area contributed by atoms with E-state index in [0.29, 0.717) is 23.0 Å². The lowest BCUT2D eigenvalue weighted by atomic mass is 9.84. The molecule has 1 saturated carbocycles. The zero-order valence-corrected chi connectivity index (χ0v) is 20.2. The molecule has 35 heavy (non-hydrogen) atoms. The predicted molar refractivity (Wildman–Crippen MR) is 133 cm³/mol. The van der Waals surface area contributed by atoms with Crippen LogP contribution in [-0.2, 0) is 6.18 Å². The van der Waals surface area contributed by atoms with Gasteiger partial charge in [0.15, 0.2) is 0 Å². The zero-order chi connectivity index (χ0) is 25.1. The lowest BCUT2D eigenvalue weighted by molar-refractivity contribution is -0.137. The number of halogens is 3. The first-order valence-corrected chi connectivity index (χ1v) is 11.9. The summed E-state index contributed by atoms with van der Waals surface area (Å²) in [7, 11) is 0. The molecular formula is C27H31F3N4O. The minimum absolute atomic E-state index is 0.0696. The van der Waals surface area contributed by atoms with Crippen molar-refractivity contribution in [1.29, 1.82) is 0 Å². The Kier molecular flexibility index (Phi) is 7.19. The van der Waals surface area contributed by atoms with Crippen LogP contribution in [0.15, 0.2) is 54.7 Å². The Hall–Kier alpha value is -3.29. The summed E-state index contributed by atoms with van der Waals surface area (Å²) >= 11 is 0. The summed E-state index contributed by atoms with van der Waals surface area (Å²) in [6, 6.07) is 14.8. The van der Waals surface area contributed by atoms with Gasteiger partial charge in [-0.15, -0.1) is 0 Å². The molecule has 5 nitrogen and oxygen atoms in total. The quantitative estimate of drug-likeness (QED) is 0.369. The van der Waals surface area contributed by atoms with E-state index < -0.39 is 17.3 Å². The van der Waals surface area contributed by atoms with Gasteiger partial charge in [-0.25, -0.2) is 4.98 Å². The number of rotatable bonds is 6. The standard InChI is InChI=1S/C27H31F3N4O/c1-26(2,3)35-23-12-8-7-11-22(23)33-24-21(27(28,29)30)17-31-25(34-24)32-20-15-13-19(14-16-20)18-9-5-4-6-10-18/h7-8,11-18H,4-6,9-10H2,1-3H3,(H2,31,32,33,34). The van der Waals surface area contributed by atoms with Gasteiger partial charge in [0.25, 0.3) is 0 Å². The van der Waals surface area contributed by atoms with Crippen LogP contribution in [-0.4, -0.2) is 15.6 Å². The first-order chi connectivity index (χ1) is 16.6. The molecule has 1 fully saturated rings. The number of para-hydroxylation sites is 2. The van der Waals surface area contributed by atoms with Gasteiger partial charge in [0.2, 0.25) is 5.95 Å². The van der Waals surface area contributed by atoms with Gasteiger partial charge >= 0.3 is 6.18 Å². The fourth-order valence-electron chi connectivity index (χ4n) is 4.26.